The smallest absolute Gasteiger partial charge is 0.253 e. The Kier molecular flexibility index (Phi) is 7.65. The molecule has 3 aromatic carbocycles. The van der Waals surface area contributed by atoms with Crippen LogP contribution in [0.15, 0.2) is 77.6 Å². The van der Waals surface area contributed by atoms with Gasteiger partial charge in [-0.15, -0.1) is 5.10 Å². The van der Waals surface area contributed by atoms with Crippen molar-refractivity contribution in [3.8, 4) is 5.75 Å². The molecule has 0 aliphatic carbocycles. The van der Waals surface area contributed by atoms with E-state index in [0.29, 0.717) is 23.9 Å². The van der Waals surface area contributed by atoms with E-state index in [1.165, 1.54) is 11.1 Å². The first-order valence-corrected chi connectivity index (χ1v) is 14.3. The molecule has 1 aliphatic rings. The molecule has 1 N–H and O–H groups in total. The number of tetrazole rings is 1. The number of benzene rings is 3. The maximum atomic E-state index is 13.7. The molecule has 0 radical (unpaired) electrons. The summed E-state index contributed by atoms with van der Waals surface area (Å²) in [6.45, 7) is 6.39. The highest BCUT2D eigenvalue weighted by Gasteiger charge is 2.33. The molecule has 210 valence electrons. The van der Waals surface area contributed by atoms with Crippen molar-refractivity contribution in [3.05, 3.63) is 117 Å². The van der Waals surface area contributed by atoms with Gasteiger partial charge in [0.1, 0.15) is 11.8 Å². The first kappa shape index (κ1) is 26.9. The predicted molar refractivity (Wildman–Crippen MR) is 160 cm³/mol. The Balaban J connectivity index is 1.35. The molecule has 0 amide bonds. The van der Waals surface area contributed by atoms with Gasteiger partial charge in [0, 0.05) is 11.1 Å². The molecule has 2 aromatic heterocycles. The van der Waals surface area contributed by atoms with E-state index in [0.717, 1.165) is 60.1 Å². The van der Waals surface area contributed by atoms with E-state index in [1.54, 1.807) is 7.11 Å². The van der Waals surface area contributed by atoms with E-state index in [4.69, 9.17) is 4.74 Å². The van der Waals surface area contributed by atoms with Gasteiger partial charge in [0.15, 0.2) is 5.82 Å². The van der Waals surface area contributed by atoms with E-state index >= 15 is 0 Å². The number of piperidine rings is 1. The zero-order valence-electron chi connectivity index (χ0n) is 23.9. The number of methoxy groups -OCH3 is 1. The minimum absolute atomic E-state index is 0.101. The molecule has 1 atom stereocenters. The highest BCUT2D eigenvalue weighted by atomic mass is 16.5. The third kappa shape index (κ3) is 5.79. The van der Waals surface area contributed by atoms with Crippen LogP contribution in [0.3, 0.4) is 0 Å². The van der Waals surface area contributed by atoms with Crippen LogP contribution in [0.2, 0.25) is 0 Å². The molecule has 8 nitrogen and oxygen atoms in total. The number of fused-ring (bicyclic) bond motifs is 1. The minimum atomic E-state index is -0.365. The summed E-state index contributed by atoms with van der Waals surface area (Å²) in [5, 5.41) is 14.0. The number of hydrogen-bond donors (Lipinski definition) is 1. The van der Waals surface area contributed by atoms with Gasteiger partial charge in [-0.25, -0.2) is 4.68 Å². The van der Waals surface area contributed by atoms with Crippen LogP contribution in [-0.2, 0) is 13.0 Å². The van der Waals surface area contributed by atoms with Crippen LogP contribution >= 0.6 is 0 Å². The number of aryl methyl sites for hydroxylation is 2. The standard InChI is InChI=1S/C33H36N6O2/c1-22-17-27-20-29(33(40)34-30(27)18-23(22)2)31(38-15-13-25(14-16-38)19-24-7-5-4-6-8-24)32-35-36-37-39(32)21-26-9-11-28(41-3)12-10-26/h4-12,17-18,20,25,31H,13-16,19,21H2,1-3H3,(H,34,40)/t31-/m1/s1. The fourth-order valence-electron chi connectivity index (χ4n) is 5.98. The number of nitrogens with zero attached hydrogens (tertiary/aromatic N) is 5. The van der Waals surface area contributed by atoms with Crippen molar-refractivity contribution in [2.45, 2.75) is 45.7 Å². The van der Waals surface area contributed by atoms with E-state index in [1.807, 2.05) is 41.1 Å². The zero-order chi connectivity index (χ0) is 28.3. The third-order valence-corrected chi connectivity index (χ3v) is 8.46. The lowest BCUT2D eigenvalue weighted by Gasteiger charge is -2.37. The zero-order valence-corrected chi connectivity index (χ0v) is 23.9. The number of hydrogen-bond acceptors (Lipinski definition) is 6. The molecule has 0 saturated carbocycles. The monoisotopic (exact) mass is 548 g/mol. The number of rotatable bonds is 8. The highest BCUT2D eigenvalue weighted by molar-refractivity contribution is 5.81. The quantitative estimate of drug-likeness (QED) is 0.286. The van der Waals surface area contributed by atoms with Crippen LogP contribution in [0.1, 0.15) is 52.5 Å². The lowest BCUT2D eigenvalue weighted by molar-refractivity contribution is 0.143. The molecule has 3 heterocycles. The lowest BCUT2D eigenvalue weighted by Crippen LogP contribution is -2.41. The van der Waals surface area contributed by atoms with Crippen molar-refractivity contribution >= 4 is 10.9 Å². The number of pyridine rings is 1. The second-order valence-electron chi connectivity index (χ2n) is 11.2. The predicted octanol–water partition coefficient (Wildman–Crippen LogP) is 5.23. The Labute approximate surface area is 240 Å². The van der Waals surface area contributed by atoms with Crippen LogP contribution < -0.4 is 10.3 Å². The largest absolute Gasteiger partial charge is 0.497 e. The topological polar surface area (TPSA) is 88.9 Å². The second-order valence-corrected chi connectivity index (χ2v) is 11.2. The van der Waals surface area contributed by atoms with Crippen molar-refractivity contribution in [2.75, 3.05) is 20.2 Å². The van der Waals surface area contributed by atoms with Gasteiger partial charge >= 0.3 is 0 Å². The number of H-pyrrole nitrogens is 1. The van der Waals surface area contributed by atoms with E-state index in [-0.39, 0.29) is 11.6 Å². The van der Waals surface area contributed by atoms with E-state index in [2.05, 4.69) is 75.7 Å². The summed E-state index contributed by atoms with van der Waals surface area (Å²) in [6.07, 6.45) is 3.17. The summed E-state index contributed by atoms with van der Waals surface area (Å²) in [5.74, 6) is 2.08. The van der Waals surface area contributed by atoms with Gasteiger partial charge in [-0.05, 0) is 121 Å². The van der Waals surface area contributed by atoms with Gasteiger partial charge in [0.05, 0.1) is 13.7 Å². The SMILES string of the molecule is COc1ccc(Cn2nnnc2[C@@H](c2cc3cc(C)c(C)cc3[nH]c2=O)N2CCC(Cc3ccccc3)CC2)cc1. The number of nitrogens with one attached hydrogen (secondary N) is 1. The van der Waals surface area contributed by atoms with Crippen LogP contribution in [0.4, 0.5) is 0 Å². The van der Waals surface area contributed by atoms with Gasteiger partial charge in [-0.1, -0.05) is 42.5 Å². The molecule has 0 spiro atoms. The molecular formula is C33H36N6O2. The van der Waals surface area contributed by atoms with Crippen molar-refractivity contribution in [2.24, 2.45) is 5.92 Å². The molecule has 41 heavy (non-hydrogen) atoms. The van der Waals surface area contributed by atoms with E-state index < -0.39 is 0 Å². The molecule has 5 aromatic rings. The third-order valence-electron chi connectivity index (χ3n) is 8.46. The molecule has 1 fully saturated rings. The molecule has 6 rings (SSSR count). The van der Waals surface area contributed by atoms with Crippen molar-refractivity contribution in [3.63, 3.8) is 0 Å². The number of ether oxygens (including phenoxy) is 1. The van der Waals surface area contributed by atoms with Crippen LogP contribution in [0.5, 0.6) is 5.75 Å². The molecular weight excluding hydrogens is 512 g/mol. The molecule has 0 bridgehead atoms. The van der Waals surface area contributed by atoms with Crippen molar-refractivity contribution < 1.29 is 4.74 Å². The summed E-state index contributed by atoms with van der Waals surface area (Å²) in [4.78, 5) is 19.2. The summed E-state index contributed by atoms with van der Waals surface area (Å²) in [5.41, 5.74) is 6.20. The van der Waals surface area contributed by atoms with Gasteiger partial charge in [-0.3, -0.25) is 9.69 Å². The normalized spacial score (nSPS) is 15.3. The van der Waals surface area contributed by atoms with Crippen LogP contribution in [0, 0.1) is 19.8 Å². The van der Waals surface area contributed by atoms with Gasteiger partial charge in [0.25, 0.3) is 5.56 Å². The van der Waals surface area contributed by atoms with Crippen LogP contribution in [-0.4, -0.2) is 50.3 Å². The lowest BCUT2D eigenvalue weighted by atomic mass is 9.89. The molecule has 1 saturated heterocycles. The molecule has 0 unspecified atom stereocenters. The number of aromatic nitrogens is 5. The highest BCUT2D eigenvalue weighted by Crippen LogP contribution is 2.32. The Morgan fingerprint density at radius 2 is 1.68 bits per heavy atom. The average Bonchev–Trinajstić information content (AvgIpc) is 3.44. The van der Waals surface area contributed by atoms with Gasteiger partial charge in [-0.2, -0.15) is 0 Å². The van der Waals surface area contributed by atoms with Crippen molar-refractivity contribution in [1.82, 2.24) is 30.1 Å². The van der Waals surface area contributed by atoms with E-state index in [9.17, 15) is 4.79 Å². The summed E-state index contributed by atoms with van der Waals surface area (Å²) < 4.78 is 7.15. The first-order valence-electron chi connectivity index (χ1n) is 14.3. The Hall–Kier alpha value is -4.30. The van der Waals surface area contributed by atoms with Crippen LogP contribution in [0.25, 0.3) is 10.9 Å². The summed E-state index contributed by atoms with van der Waals surface area (Å²) in [7, 11) is 1.66. The average molecular weight is 549 g/mol. The fraction of sp³-hybridized carbons (Fsp3) is 0.333. The van der Waals surface area contributed by atoms with Crippen molar-refractivity contribution in [1.29, 1.82) is 0 Å². The molecule has 8 heteroatoms. The number of aromatic amines is 1. The molecule has 1 aliphatic heterocycles. The number of likely N-dealkylation sites (tertiary alicyclic amines) is 1. The summed E-state index contributed by atoms with van der Waals surface area (Å²) in [6, 6.07) is 24.5. The Morgan fingerprint density at radius 1 is 0.951 bits per heavy atom. The maximum Gasteiger partial charge on any atom is 0.253 e. The fourth-order valence-corrected chi connectivity index (χ4v) is 5.98. The minimum Gasteiger partial charge on any atom is -0.497 e. The first-order chi connectivity index (χ1) is 20.0. The van der Waals surface area contributed by atoms with Gasteiger partial charge < -0.3 is 9.72 Å². The Bertz CT molecular complexity index is 1690. The van der Waals surface area contributed by atoms with Gasteiger partial charge in [0.2, 0.25) is 0 Å². The maximum absolute atomic E-state index is 13.7. The second kappa shape index (κ2) is 11.7. The Morgan fingerprint density at radius 3 is 2.41 bits per heavy atom. The summed E-state index contributed by atoms with van der Waals surface area (Å²) >= 11 is 0.